The lowest BCUT2D eigenvalue weighted by molar-refractivity contribution is -0.124. The van der Waals surface area contributed by atoms with E-state index in [1.165, 1.54) is 32.1 Å². The van der Waals surface area contributed by atoms with Gasteiger partial charge in [-0.1, -0.05) is 46.5 Å². The summed E-state index contributed by atoms with van der Waals surface area (Å²) in [4.78, 5) is 11.5. The first-order valence-corrected chi connectivity index (χ1v) is 6.58. The Morgan fingerprint density at radius 2 is 2.00 bits per heavy atom. The Morgan fingerprint density at radius 3 is 2.67 bits per heavy atom. The van der Waals surface area contributed by atoms with Gasteiger partial charge >= 0.3 is 0 Å². The molecule has 1 nitrogen and oxygen atoms in total. The first-order chi connectivity index (χ1) is 7.06. The normalized spacial score (nSPS) is 25.5. The maximum atomic E-state index is 11.5. The monoisotopic (exact) mass is 210 g/mol. The Labute approximate surface area is 94.6 Å². The number of hydrogen-bond acceptors (Lipinski definition) is 1. The summed E-state index contributed by atoms with van der Waals surface area (Å²) >= 11 is 0. The van der Waals surface area contributed by atoms with Crippen LogP contribution in [0.5, 0.6) is 0 Å². The largest absolute Gasteiger partial charge is 0.300 e. The van der Waals surface area contributed by atoms with Crippen molar-refractivity contribution in [2.24, 2.45) is 11.3 Å². The van der Waals surface area contributed by atoms with Gasteiger partial charge in [-0.2, -0.15) is 0 Å². The van der Waals surface area contributed by atoms with Crippen LogP contribution in [0.2, 0.25) is 0 Å². The van der Waals surface area contributed by atoms with E-state index in [-0.39, 0.29) is 0 Å². The van der Waals surface area contributed by atoms with Crippen molar-refractivity contribution < 1.29 is 4.79 Å². The number of Topliss-reactive ketones (excluding diaryl/α,β-unsaturated/α-hetero) is 1. The molecular weight excluding hydrogens is 184 g/mol. The van der Waals surface area contributed by atoms with E-state index in [2.05, 4.69) is 20.8 Å². The molecule has 0 saturated heterocycles. The SMILES string of the molecule is CCCCCCC1CC(=O)CCC1(C)C. The second-order valence-corrected chi connectivity index (χ2v) is 5.78. The highest BCUT2D eigenvalue weighted by atomic mass is 16.1. The summed E-state index contributed by atoms with van der Waals surface area (Å²) in [5.74, 6) is 1.14. The van der Waals surface area contributed by atoms with Gasteiger partial charge in [0, 0.05) is 12.8 Å². The van der Waals surface area contributed by atoms with Gasteiger partial charge in [-0.3, -0.25) is 4.79 Å². The van der Waals surface area contributed by atoms with E-state index in [1.807, 2.05) is 0 Å². The molecule has 0 radical (unpaired) electrons. The summed E-state index contributed by atoms with van der Waals surface area (Å²) in [5.41, 5.74) is 0.403. The minimum Gasteiger partial charge on any atom is -0.300 e. The fourth-order valence-electron chi connectivity index (χ4n) is 2.63. The average Bonchev–Trinajstić information content (AvgIpc) is 2.18. The van der Waals surface area contributed by atoms with Gasteiger partial charge in [0.15, 0.2) is 0 Å². The van der Waals surface area contributed by atoms with Crippen LogP contribution in [0.15, 0.2) is 0 Å². The smallest absolute Gasteiger partial charge is 0.133 e. The summed E-state index contributed by atoms with van der Waals surface area (Å²) in [6, 6.07) is 0. The van der Waals surface area contributed by atoms with Crippen LogP contribution >= 0.6 is 0 Å². The molecule has 15 heavy (non-hydrogen) atoms. The molecule has 1 heteroatoms. The lowest BCUT2D eigenvalue weighted by Gasteiger charge is -2.38. The molecule has 0 bridgehead atoms. The minimum atomic E-state index is 0.403. The van der Waals surface area contributed by atoms with Crippen LogP contribution in [0.25, 0.3) is 0 Å². The van der Waals surface area contributed by atoms with E-state index in [0.29, 0.717) is 17.1 Å². The summed E-state index contributed by atoms with van der Waals surface area (Å²) in [6.45, 7) is 6.92. The fraction of sp³-hybridized carbons (Fsp3) is 0.929. The third-order valence-electron chi connectivity index (χ3n) is 4.03. The predicted molar refractivity (Wildman–Crippen MR) is 64.9 cm³/mol. The first-order valence-electron chi connectivity index (χ1n) is 6.58. The summed E-state index contributed by atoms with van der Waals surface area (Å²) in [7, 11) is 0. The quantitative estimate of drug-likeness (QED) is 0.616. The van der Waals surface area contributed by atoms with E-state index < -0.39 is 0 Å². The number of carbonyl (C=O) groups is 1. The molecule has 1 aliphatic carbocycles. The van der Waals surface area contributed by atoms with Gasteiger partial charge in [0.05, 0.1) is 0 Å². The van der Waals surface area contributed by atoms with Crippen LogP contribution in [0, 0.1) is 11.3 Å². The van der Waals surface area contributed by atoms with Gasteiger partial charge in [-0.05, 0) is 24.2 Å². The predicted octanol–water partition coefficient (Wildman–Crippen LogP) is 4.35. The van der Waals surface area contributed by atoms with E-state index in [0.717, 1.165) is 19.3 Å². The van der Waals surface area contributed by atoms with Crippen molar-refractivity contribution >= 4 is 5.78 Å². The molecule has 0 aromatic rings. The Hall–Kier alpha value is -0.330. The van der Waals surface area contributed by atoms with Crippen LogP contribution in [0.4, 0.5) is 0 Å². The van der Waals surface area contributed by atoms with Gasteiger partial charge in [-0.25, -0.2) is 0 Å². The maximum Gasteiger partial charge on any atom is 0.133 e. The van der Waals surface area contributed by atoms with Gasteiger partial charge in [0.1, 0.15) is 5.78 Å². The molecule has 1 fully saturated rings. The van der Waals surface area contributed by atoms with Crippen molar-refractivity contribution in [3.05, 3.63) is 0 Å². The molecule has 88 valence electrons. The van der Waals surface area contributed by atoms with Crippen molar-refractivity contribution in [3.63, 3.8) is 0 Å². The molecule has 0 spiro atoms. The maximum absolute atomic E-state index is 11.5. The Morgan fingerprint density at radius 1 is 1.27 bits per heavy atom. The summed E-state index contributed by atoms with van der Waals surface area (Å²) in [5, 5.41) is 0. The standard InChI is InChI=1S/C14H26O/c1-4-5-6-7-8-12-11-13(15)9-10-14(12,2)3/h12H,4-11H2,1-3H3. The molecular formula is C14H26O. The highest BCUT2D eigenvalue weighted by molar-refractivity contribution is 5.79. The molecule has 1 aliphatic rings. The lowest BCUT2D eigenvalue weighted by atomic mass is 9.67. The molecule has 0 N–H and O–H groups in total. The van der Waals surface area contributed by atoms with Crippen LogP contribution in [0.3, 0.4) is 0 Å². The summed E-state index contributed by atoms with van der Waals surface area (Å²) < 4.78 is 0. The van der Waals surface area contributed by atoms with Crippen LogP contribution in [-0.2, 0) is 4.79 Å². The van der Waals surface area contributed by atoms with Crippen LogP contribution in [-0.4, -0.2) is 5.78 Å². The van der Waals surface area contributed by atoms with Crippen molar-refractivity contribution in [2.45, 2.75) is 72.1 Å². The molecule has 0 aromatic carbocycles. The molecule has 1 saturated carbocycles. The van der Waals surface area contributed by atoms with E-state index >= 15 is 0 Å². The average molecular weight is 210 g/mol. The van der Waals surface area contributed by atoms with Crippen molar-refractivity contribution in [1.29, 1.82) is 0 Å². The number of carbonyl (C=O) groups excluding carboxylic acids is 1. The van der Waals surface area contributed by atoms with E-state index in [9.17, 15) is 4.79 Å². The molecule has 0 amide bonds. The lowest BCUT2D eigenvalue weighted by Crippen LogP contribution is -2.31. The highest BCUT2D eigenvalue weighted by Gasteiger charge is 2.34. The molecule has 1 unspecified atom stereocenters. The zero-order chi connectivity index (χ0) is 11.3. The third kappa shape index (κ3) is 3.96. The molecule has 0 heterocycles. The van der Waals surface area contributed by atoms with Crippen molar-refractivity contribution in [1.82, 2.24) is 0 Å². The zero-order valence-electron chi connectivity index (χ0n) is 10.6. The van der Waals surface area contributed by atoms with Crippen LogP contribution in [0.1, 0.15) is 72.1 Å². The van der Waals surface area contributed by atoms with E-state index in [4.69, 9.17) is 0 Å². The number of rotatable bonds is 5. The van der Waals surface area contributed by atoms with Crippen LogP contribution < -0.4 is 0 Å². The topological polar surface area (TPSA) is 17.1 Å². The van der Waals surface area contributed by atoms with E-state index in [1.54, 1.807) is 0 Å². The Kier molecular flexibility index (Phi) is 4.82. The Balaban J connectivity index is 2.33. The molecule has 0 aromatic heterocycles. The van der Waals surface area contributed by atoms with Crippen molar-refractivity contribution in [2.75, 3.05) is 0 Å². The zero-order valence-corrected chi connectivity index (χ0v) is 10.6. The fourth-order valence-corrected chi connectivity index (χ4v) is 2.63. The van der Waals surface area contributed by atoms with Crippen molar-refractivity contribution in [3.8, 4) is 0 Å². The second-order valence-electron chi connectivity index (χ2n) is 5.78. The summed E-state index contributed by atoms with van der Waals surface area (Å²) in [6.07, 6.45) is 9.33. The second kappa shape index (κ2) is 5.67. The number of hydrogen-bond donors (Lipinski definition) is 0. The minimum absolute atomic E-state index is 0.403. The first kappa shape index (κ1) is 12.7. The molecule has 1 rings (SSSR count). The Bertz CT molecular complexity index is 205. The molecule has 0 aliphatic heterocycles. The van der Waals surface area contributed by atoms with Gasteiger partial charge in [0.25, 0.3) is 0 Å². The number of ketones is 1. The number of unbranched alkanes of at least 4 members (excludes halogenated alkanes) is 3. The van der Waals surface area contributed by atoms with Gasteiger partial charge < -0.3 is 0 Å². The molecule has 1 atom stereocenters. The third-order valence-corrected chi connectivity index (χ3v) is 4.03. The highest BCUT2D eigenvalue weighted by Crippen LogP contribution is 2.41. The van der Waals surface area contributed by atoms with Gasteiger partial charge in [-0.15, -0.1) is 0 Å². The van der Waals surface area contributed by atoms with Gasteiger partial charge in [0.2, 0.25) is 0 Å².